The van der Waals surface area contributed by atoms with E-state index in [2.05, 4.69) is 5.32 Å². The molecule has 0 aliphatic rings. The van der Waals surface area contributed by atoms with Crippen LogP contribution in [0.1, 0.15) is 16.7 Å². The fourth-order valence-electron chi connectivity index (χ4n) is 3.19. The van der Waals surface area contributed by atoms with Crippen molar-refractivity contribution in [2.24, 2.45) is 0 Å². The van der Waals surface area contributed by atoms with E-state index < -0.39 is 5.63 Å². The Balaban J connectivity index is 1.76. The third-order valence-corrected chi connectivity index (χ3v) is 5.04. The number of carbonyl (C=O) groups is 1. The number of hydrogen-bond donors (Lipinski definition) is 1. The standard InChI is InChI=1S/C22H22ClNO5/c1-13-16-8-9-18(27-2)21(28-3)20(16)29-22(26)17(13)12-19(25)24-11-10-14-4-6-15(23)7-5-14/h4-9H,10-12H2,1-3H3,(H,24,25). The highest BCUT2D eigenvalue weighted by molar-refractivity contribution is 6.30. The summed E-state index contributed by atoms with van der Waals surface area (Å²) in [7, 11) is 2.99. The number of carbonyl (C=O) groups excluding carboxylic acids is 1. The van der Waals surface area contributed by atoms with E-state index in [-0.39, 0.29) is 12.3 Å². The van der Waals surface area contributed by atoms with Gasteiger partial charge in [0.05, 0.1) is 26.2 Å². The minimum Gasteiger partial charge on any atom is -0.493 e. The zero-order valence-electron chi connectivity index (χ0n) is 16.5. The number of fused-ring (bicyclic) bond motifs is 1. The van der Waals surface area contributed by atoms with Crippen molar-refractivity contribution in [2.75, 3.05) is 20.8 Å². The molecule has 0 atom stereocenters. The molecule has 0 unspecified atom stereocenters. The summed E-state index contributed by atoms with van der Waals surface area (Å²) in [6.45, 7) is 2.25. The van der Waals surface area contributed by atoms with Crippen molar-refractivity contribution in [3.8, 4) is 11.5 Å². The molecule has 152 valence electrons. The SMILES string of the molecule is COc1ccc2c(C)c(CC(=O)NCCc3ccc(Cl)cc3)c(=O)oc2c1OC. The fourth-order valence-corrected chi connectivity index (χ4v) is 3.32. The Morgan fingerprint density at radius 2 is 1.83 bits per heavy atom. The van der Waals surface area contributed by atoms with E-state index in [1.807, 2.05) is 24.3 Å². The van der Waals surface area contributed by atoms with Crippen LogP contribution in [0.2, 0.25) is 5.02 Å². The molecule has 1 aromatic heterocycles. The lowest BCUT2D eigenvalue weighted by Crippen LogP contribution is -2.29. The summed E-state index contributed by atoms with van der Waals surface area (Å²) in [6, 6.07) is 11.0. The Labute approximate surface area is 173 Å². The molecule has 0 bridgehead atoms. The molecule has 7 heteroatoms. The second-order valence-electron chi connectivity index (χ2n) is 6.57. The van der Waals surface area contributed by atoms with Crippen LogP contribution in [-0.2, 0) is 17.6 Å². The van der Waals surface area contributed by atoms with Gasteiger partial charge < -0.3 is 19.2 Å². The van der Waals surface area contributed by atoms with Crippen LogP contribution in [-0.4, -0.2) is 26.7 Å². The Kier molecular flexibility index (Phi) is 6.44. The third kappa shape index (κ3) is 4.54. The second-order valence-corrected chi connectivity index (χ2v) is 7.01. The van der Waals surface area contributed by atoms with Gasteiger partial charge in [-0.2, -0.15) is 0 Å². The van der Waals surface area contributed by atoms with E-state index >= 15 is 0 Å². The summed E-state index contributed by atoms with van der Waals surface area (Å²) >= 11 is 5.87. The number of benzene rings is 2. The first-order valence-electron chi connectivity index (χ1n) is 9.13. The van der Waals surface area contributed by atoms with Gasteiger partial charge in [-0.15, -0.1) is 0 Å². The van der Waals surface area contributed by atoms with Crippen molar-refractivity contribution < 1.29 is 18.7 Å². The molecule has 0 saturated heterocycles. The lowest BCUT2D eigenvalue weighted by molar-refractivity contribution is -0.120. The van der Waals surface area contributed by atoms with Gasteiger partial charge in [0.1, 0.15) is 0 Å². The van der Waals surface area contributed by atoms with Gasteiger partial charge in [0.2, 0.25) is 11.7 Å². The van der Waals surface area contributed by atoms with Gasteiger partial charge in [0.25, 0.3) is 0 Å². The van der Waals surface area contributed by atoms with Crippen LogP contribution in [0.25, 0.3) is 11.0 Å². The maximum absolute atomic E-state index is 12.5. The van der Waals surface area contributed by atoms with Gasteiger partial charge in [0.15, 0.2) is 11.3 Å². The molecule has 3 rings (SSSR count). The van der Waals surface area contributed by atoms with Gasteiger partial charge in [-0.1, -0.05) is 23.7 Å². The normalized spacial score (nSPS) is 10.8. The predicted molar refractivity (Wildman–Crippen MR) is 112 cm³/mol. The number of rotatable bonds is 7. The Morgan fingerprint density at radius 3 is 2.48 bits per heavy atom. The molecule has 0 aliphatic heterocycles. The molecule has 29 heavy (non-hydrogen) atoms. The first-order valence-corrected chi connectivity index (χ1v) is 9.50. The van der Waals surface area contributed by atoms with Crippen molar-refractivity contribution in [3.63, 3.8) is 0 Å². The Hall–Kier alpha value is -2.99. The maximum atomic E-state index is 12.5. The zero-order chi connectivity index (χ0) is 21.0. The van der Waals surface area contributed by atoms with Gasteiger partial charge >= 0.3 is 5.63 Å². The molecule has 1 heterocycles. The molecule has 6 nitrogen and oxygen atoms in total. The molecule has 2 aromatic carbocycles. The number of methoxy groups -OCH3 is 2. The Bertz CT molecular complexity index is 1090. The number of ether oxygens (including phenoxy) is 2. The van der Waals surface area contributed by atoms with Crippen LogP contribution in [0.3, 0.4) is 0 Å². The molecule has 1 N–H and O–H groups in total. The van der Waals surface area contributed by atoms with E-state index in [0.717, 1.165) is 5.56 Å². The molecule has 1 amide bonds. The van der Waals surface area contributed by atoms with Crippen LogP contribution in [0, 0.1) is 6.92 Å². The fraction of sp³-hybridized carbons (Fsp3) is 0.273. The molecule has 0 aliphatic carbocycles. The summed E-state index contributed by atoms with van der Waals surface area (Å²) in [4.78, 5) is 24.9. The maximum Gasteiger partial charge on any atom is 0.340 e. The van der Waals surface area contributed by atoms with Crippen molar-refractivity contribution in [1.29, 1.82) is 0 Å². The summed E-state index contributed by atoms with van der Waals surface area (Å²) < 4.78 is 16.1. The van der Waals surface area contributed by atoms with Crippen LogP contribution in [0.15, 0.2) is 45.6 Å². The summed E-state index contributed by atoms with van der Waals surface area (Å²) in [5.41, 5.74) is 1.83. The first kappa shape index (κ1) is 20.7. The number of halogens is 1. The first-order chi connectivity index (χ1) is 13.9. The number of hydrogen-bond acceptors (Lipinski definition) is 5. The molecule has 0 fully saturated rings. The van der Waals surface area contributed by atoms with Crippen molar-refractivity contribution in [1.82, 2.24) is 5.32 Å². The van der Waals surface area contributed by atoms with Crippen molar-refractivity contribution in [2.45, 2.75) is 19.8 Å². The molecular weight excluding hydrogens is 394 g/mol. The van der Waals surface area contributed by atoms with Gasteiger partial charge in [-0.05, 0) is 48.7 Å². The third-order valence-electron chi connectivity index (χ3n) is 4.78. The van der Waals surface area contributed by atoms with E-state index in [4.69, 9.17) is 25.5 Å². The molecule has 3 aromatic rings. The largest absolute Gasteiger partial charge is 0.493 e. The monoisotopic (exact) mass is 415 g/mol. The zero-order valence-corrected chi connectivity index (χ0v) is 17.3. The highest BCUT2D eigenvalue weighted by Crippen LogP contribution is 2.36. The van der Waals surface area contributed by atoms with Crippen molar-refractivity contribution in [3.05, 3.63) is 68.5 Å². The van der Waals surface area contributed by atoms with Gasteiger partial charge in [-0.25, -0.2) is 4.79 Å². The van der Waals surface area contributed by atoms with E-state index in [1.54, 1.807) is 19.1 Å². The van der Waals surface area contributed by atoms with Crippen molar-refractivity contribution >= 4 is 28.5 Å². The van der Waals surface area contributed by atoms with E-state index in [9.17, 15) is 9.59 Å². The van der Waals surface area contributed by atoms with Crippen LogP contribution in [0.5, 0.6) is 11.5 Å². The minimum absolute atomic E-state index is 0.0565. The number of amides is 1. The topological polar surface area (TPSA) is 77.8 Å². The Morgan fingerprint density at radius 1 is 1.10 bits per heavy atom. The van der Waals surface area contributed by atoms with Gasteiger partial charge in [-0.3, -0.25) is 4.79 Å². The summed E-state index contributed by atoms with van der Waals surface area (Å²) in [6.07, 6.45) is 0.615. The molecular formula is C22H22ClNO5. The minimum atomic E-state index is -0.561. The molecule has 0 spiro atoms. The number of nitrogens with one attached hydrogen (secondary N) is 1. The highest BCUT2D eigenvalue weighted by atomic mass is 35.5. The van der Waals surface area contributed by atoms with E-state index in [1.165, 1.54) is 14.2 Å². The molecule has 0 saturated carbocycles. The lowest BCUT2D eigenvalue weighted by Gasteiger charge is -2.13. The van der Waals surface area contributed by atoms with Crippen LogP contribution >= 0.6 is 11.6 Å². The van der Waals surface area contributed by atoms with Gasteiger partial charge in [0, 0.05) is 17.0 Å². The lowest BCUT2D eigenvalue weighted by atomic mass is 10.0. The highest BCUT2D eigenvalue weighted by Gasteiger charge is 2.19. The smallest absolute Gasteiger partial charge is 0.340 e. The summed E-state index contributed by atoms with van der Waals surface area (Å²) in [5.74, 6) is 0.577. The second kappa shape index (κ2) is 9.01. The van der Waals surface area contributed by atoms with Crippen LogP contribution < -0.4 is 20.4 Å². The van der Waals surface area contributed by atoms with E-state index in [0.29, 0.717) is 51.6 Å². The predicted octanol–water partition coefficient (Wildman–Crippen LogP) is 3.67. The number of aryl methyl sites for hydroxylation is 1. The average molecular weight is 416 g/mol. The van der Waals surface area contributed by atoms with Crippen LogP contribution in [0.4, 0.5) is 0 Å². The quantitative estimate of drug-likeness (QED) is 0.596. The summed E-state index contributed by atoms with van der Waals surface area (Å²) in [5, 5.41) is 4.21. The average Bonchev–Trinajstić information content (AvgIpc) is 2.71. The molecule has 0 radical (unpaired) electrons.